The molecule has 0 bridgehead atoms. The van der Waals surface area contributed by atoms with Gasteiger partial charge >= 0.3 is 0 Å². The third kappa shape index (κ3) is 24.5. The monoisotopic (exact) mass is 512 g/mol. The first-order valence-corrected chi connectivity index (χ1v) is 19.6. The van der Waals surface area contributed by atoms with Gasteiger partial charge in [0.05, 0.1) is 24.6 Å². The van der Waals surface area contributed by atoms with Crippen LogP contribution in [0.1, 0.15) is 195 Å². The molecule has 0 aromatic carbocycles. The largest absolute Gasteiger partial charge is 0.0654 e. The fourth-order valence-corrected chi connectivity index (χ4v) is 11.1. The molecule has 0 rings (SSSR count). The Morgan fingerprint density at radius 2 is 0.429 bits per heavy atom. The van der Waals surface area contributed by atoms with E-state index in [4.69, 9.17) is 0 Å². The van der Waals surface area contributed by atoms with Crippen molar-refractivity contribution in [1.29, 1.82) is 0 Å². The van der Waals surface area contributed by atoms with E-state index in [0.29, 0.717) is 0 Å². The van der Waals surface area contributed by atoms with Crippen LogP contribution in [0.2, 0.25) is 0 Å². The van der Waals surface area contributed by atoms with Gasteiger partial charge in [0.25, 0.3) is 0 Å². The summed E-state index contributed by atoms with van der Waals surface area (Å²) in [5, 5.41) is 0. The molecule has 0 aromatic rings. The average Bonchev–Trinajstić information content (AvgIpc) is 2.88. The van der Waals surface area contributed by atoms with Crippen molar-refractivity contribution < 1.29 is 0 Å². The maximum Gasteiger partial charge on any atom is 0.0594 e. The van der Waals surface area contributed by atoms with Crippen LogP contribution in [-0.4, -0.2) is 24.6 Å². The summed E-state index contributed by atoms with van der Waals surface area (Å²) in [6.07, 6.45) is 44.9. The standard InChI is InChI=1S/C34H72P/c1-5-9-13-14-15-16-17-18-19-20-21-22-23-24-25-26-27-28-29-30-34-35(31-10-6-2,32-11-7-3)33-12-8-4/h5-34H2,1-4H3/q+1. The van der Waals surface area contributed by atoms with Crippen LogP contribution in [0.15, 0.2) is 0 Å². The SMILES string of the molecule is CCCCCCCCCCCCCCCCCCCCCC[P+](CCCC)(CCCC)CCCC. The first kappa shape index (κ1) is 35.4. The van der Waals surface area contributed by atoms with Crippen molar-refractivity contribution in [2.24, 2.45) is 0 Å². The number of hydrogen-bond donors (Lipinski definition) is 0. The van der Waals surface area contributed by atoms with E-state index in [9.17, 15) is 0 Å². The Labute approximate surface area is 226 Å². The lowest BCUT2D eigenvalue weighted by molar-refractivity contribution is 0.523. The van der Waals surface area contributed by atoms with Crippen molar-refractivity contribution in [1.82, 2.24) is 0 Å². The van der Waals surface area contributed by atoms with Crippen LogP contribution in [0.3, 0.4) is 0 Å². The van der Waals surface area contributed by atoms with Crippen LogP contribution in [0.4, 0.5) is 0 Å². The normalized spacial score (nSPS) is 12.0. The minimum Gasteiger partial charge on any atom is -0.0654 e. The topological polar surface area (TPSA) is 0 Å². The third-order valence-corrected chi connectivity index (χ3v) is 13.5. The lowest BCUT2D eigenvalue weighted by Gasteiger charge is -2.28. The van der Waals surface area contributed by atoms with Crippen LogP contribution in [0.5, 0.6) is 0 Å². The molecule has 0 saturated heterocycles. The van der Waals surface area contributed by atoms with Gasteiger partial charge in [0.15, 0.2) is 0 Å². The number of hydrogen-bond acceptors (Lipinski definition) is 0. The van der Waals surface area contributed by atoms with Gasteiger partial charge in [-0.2, -0.15) is 0 Å². The van der Waals surface area contributed by atoms with E-state index in [-0.39, 0.29) is 0 Å². The van der Waals surface area contributed by atoms with Gasteiger partial charge in [0, 0.05) is 7.26 Å². The molecular weight excluding hydrogens is 439 g/mol. The average molecular weight is 512 g/mol. The van der Waals surface area contributed by atoms with E-state index in [2.05, 4.69) is 27.7 Å². The summed E-state index contributed by atoms with van der Waals surface area (Å²) in [5.74, 6) is 0. The van der Waals surface area contributed by atoms with Crippen LogP contribution in [0.25, 0.3) is 0 Å². The van der Waals surface area contributed by atoms with Crippen molar-refractivity contribution in [2.45, 2.75) is 195 Å². The van der Waals surface area contributed by atoms with E-state index >= 15 is 0 Å². The lowest BCUT2D eigenvalue weighted by atomic mass is 10.0. The maximum atomic E-state index is 2.40. The van der Waals surface area contributed by atoms with E-state index < -0.39 is 7.26 Å². The summed E-state index contributed by atoms with van der Waals surface area (Å²) in [4.78, 5) is 0. The predicted molar refractivity (Wildman–Crippen MR) is 169 cm³/mol. The van der Waals surface area contributed by atoms with Gasteiger partial charge in [-0.1, -0.05) is 163 Å². The molecule has 0 aromatic heterocycles. The van der Waals surface area contributed by atoms with Gasteiger partial charge < -0.3 is 0 Å². The fraction of sp³-hybridized carbons (Fsp3) is 1.00. The van der Waals surface area contributed by atoms with Gasteiger partial charge in [-0.3, -0.25) is 0 Å². The molecule has 0 atom stereocenters. The summed E-state index contributed by atoms with van der Waals surface area (Å²) >= 11 is 0. The van der Waals surface area contributed by atoms with Crippen molar-refractivity contribution >= 4 is 7.26 Å². The molecule has 0 aliphatic heterocycles. The second-order valence-corrected chi connectivity index (χ2v) is 16.5. The van der Waals surface area contributed by atoms with Crippen LogP contribution in [0, 0.1) is 0 Å². The summed E-state index contributed by atoms with van der Waals surface area (Å²) in [6.45, 7) is 9.50. The highest BCUT2D eigenvalue weighted by atomic mass is 31.2. The van der Waals surface area contributed by atoms with Crippen LogP contribution >= 0.6 is 7.26 Å². The zero-order valence-electron chi connectivity index (χ0n) is 25.7. The molecule has 0 saturated carbocycles. The molecule has 0 unspecified atom stereocenters. The zero-order chi connectivity index (χ0) is 25.7. The highest BCUT2D eigenvalue weighted by Gasteiger charge is 2.34. The highest BCUT2D eigenvalue weighted by molar-refractivity contribution is 7.75. The molecule has 0 spiro atoms. The van der Waals surface area contributed by atoms with Crippen LogP contribution in [-0.2, 0) is 0 Å². The highest BCUT2D eigenvalue weighted by Crippen LogP contribution is 2.61. The Bertz CT molecular complexity index is 355. The van der Waals surface area contributed by atoms with Gasteiger partial charge in [0.1, 0.15) is 0 Å². The molecule has 0 amide bonds. The molecule has 0 heterocycles. The number of unbranched alkanes of at least 4 members (excludes halogenated alkanes) is 22. The molecule has 0 fully saturated rings. The third-order valence-electron chi connectivity index (χ3n) is 8.44. The molecule has 212 valence electrons. The Kier molecular flexibility index (Phi) is 29.3. The molecule has 0 radical (unpaired) electrons. The molecule has 0 aliphatic carbocycles. The molecule has 0 aliphatic rings. The Morgan fingerprint density at radius 3 is 0.686 bits per heavy atom. The predicted octanol–water partition coefficient (Wildman–Crippen LogP) is 13.2. The second kappa shape index (κ2) is 29.0. The van der Waals surface area contributed by atoms with Crippen molar-refractivity contribution in [2.75, 3.05) is 24.6 Å². The summed E-state index contributed by atoms with van der Waals surface area (Å²) in [7, 11) is -0.640. The number of rotatable bonds is 30. The van der Waals surface area contributed by atoms with E-state index in [0.717, 1.165) is 0 Å². The zero-order valence-corrected chi connectivity index (χ0v) is 26.6. The van der Waals surface area contributed by atoms with Crippen molar-refractivity contribution in [3.63, 3.8) is 0 Å². The molecular formula is C34H72P+. The summed E-state index contributed by atoms with van der Waals surface area (Å²) in [5.41, 5.74) is 0. The summed E-state index contributed by atoms with van der Waals surface area (Å²) < 4.78 is 0. The maximum absolute atomic E-state index is 2.40. The van der Waals surface area contributed by atoms with E-state index in [1.807, 2.05) is 0 Å². The van der Waals surface area contributed by atoms with Gasteiger partial charge in [-0.25, -0.2) is 0 Å². The van der Waals surface area contributed by atoms with E-state index in [1.54, 1.807) is 31.1 Å². The minimum absolute atomic E-state index is 0.640. The quantitative estimate of drug-likeness (QED) is 0.0664. The van der Waals surface area contributed by atoms with Crippen molar-refractivity contribution in [3.8, 4) is 0 Å². The van der Waals surface area contributed by atoms with Gasteiger partial charge in [-0.15, -0.1) is 0 Å². The van der Waals surface area contributed by atoms with Gasteiger partial charge in [-0.05, 0) is 32.1 Å². The Hall–Kier alpha value is 0.430. The smallest absolute Gasteiger partial charge is 0.0594 e. The molecule has 1 heteroatoms. The van der Waals surface area contributed by atoms with Gasteiger partial charge in [0.2, 0.25) is 0 Å². The van der Waals surface area contributed by atoms with Crippen LogP contribution < -0.4 is 0 Å². The molecule has 35 heavy (non-hydrogen) atoms. The molecule has 0 nitrogen and oxygen atoms in total. The van der Waals surface area contributed by atoms with Crippen molar-refractivity contribution in [3.05, 3.63) is 0 Å². The van der Waals surface area contributed by atoms with E-state index in [1.165, 1.54) is 161 Å². The minimum atomic E-state index is -0.640. The fourth-order valence-electron chi connectivity index (χ4n) is 5.85. The summed E-state index contributed by atoms with van der Waals surface area (Å²) in [6, 6.07) is 0. The molecule has 0 N–H and O–H groups in total. The Morgan fingerprint density at radius 1 is 0.229 bits per heavy atom. The Balaban J connectivity index is 3.57. The second-order valence-electron chi connectivity index (χ2n) is 12.0. The lowest BCUT2D eigenvalue weighted by Crippen LogP contribution is -2.13. The first-order valence-electron chi connectivity index (χ1n) is 17.1. The first-order chi connectivity index (χ1) is 17.2.